The highest BCUT2D eigenvalue weighted by atomic mass is 35.5. The molecule has 0 saturated heterocycles. The number of carbonyl (C=O) groups excluding carboxylic acids is 1. The summed E-state index contributed by atoms with van der Waals surface area (Å²) in [6, 6.07) is 0. The van der Waals surface area contributed by atoms with Crippen LogP contribution >= 0.6 is 12.4 Å². The Labute approximate surface area is 140 Å². The third-order valence-corrected chi connectivity index (χ3v) is 6.30. The average Bonchev–Trinajstić information content (AvgIpc) is 2.41. The van der Waals surface area contributed by atoms with E-state index in [2.05, 4.69) is 12.2 Å². The number of nitrogens with two attached hydrogens (primary N) is 1. The van der Waals surface area contributed by atoms with Gasteiger partial charge in [0.05, 0.1) is 11.0 Å². The van der Waals surface area contributed by atoms with Crippen molar-refractivity contribution in [2.24, 2.45) is 22.5 Å². The summed E-state index contributed by atoms with van der Waals surface area (Å²) in [6.07, 6.45) is 8.69. The number of aliphatic hydroxyl groups is 1. The molecule has 22 heavy (non-hydrogen) atoms. The highest BCUT2D eigenvalue weighted by Crippen LogP contribution is 2.67. The summed E-state index contributed by atoms with van der Waals surface area (Å²) in [6.45, 7) is 3.63. The Balaban J connectivity index is 0.00000176. The van der Waals surface area contributed by atoms with E-state index in [-0.39, 0.29) is 29.1 Å². The normalized spacial score (nSPS) is 42.0. The fourth-order valence-corrected chi connectivity index (χ4v) is 5.89. The van der Waals surface area contributed by atoms with E-state index in [4.69, 9.17) is 5.73 Å². The maximum absolute atomic E-state index is 12.8. The first-order valence-electron chi connectivity index (χ1n) is 8.66. The number of carbonyl (C=O) groups is 1. The summed E-state index contributed by atoms with van der Waals surface area (Å²) in [4.78, 5) is 12.8. The predicted molar refractivity (Wildman–Crippen MR) is 89.8 cm³/mol. The molecule has 4 aliphatic rings. The minimum atomic E-state index is -0.579. The molecule has 4 unspecified atom stereocenters. The summed E-state index contributed by atoms with van der Waals surface area (Å²) in [5.41, 5.74) is 4.83. The second-order valence-corrected chi connectivity index (χ2v) is 8.12. The van der Waals surface area contributed by atoms with E-state index in [9.17, 15) is 9.90 Å². The van der Waals surface area contributed by atoms with Crippen molar-refractivity contribution >= 4 is 18.3 Å². The van der Waals surface area contributed by atoms with E-state index in [1.165, 1.54) is 6.42 Å². The van der Waals surface area contributed by atoms with Crippen molar-refractivity contribution in [1.82, 2.24) is 5.32 Å². The molecule has 1 amide bonds. The van der Waals surface area contributed by atoms with Gasteiger partial charge in [0.15, 0.2) is 0 Å². The van der Waals surface area contributed by atoms with Crippen LogP contribution in [0.5, 0.6) is 0 Å². The topological polar surface area (TPSA) is 75.3 Å². The Morgan fingerprint density at radius 2 is 2.00 bits per heavy atom. The molecular weight excluding hydrogens is 300 g/mol. The largest absolute Gasteiger partial charge is 0.390 e. The summed E-state index contributed by atoms with van der Waals surface area (Å²) in [7, 11) is 0. The van der Waals surface area contributed by atoms with Gasteiger partial charge in [-0.05, 0) is 69.2 Å². The molecular formula is C17H31ClN2O2. The molecule has 0 radical (unpaired) electrons. The van der Waals surface area contributed by atoms with Gasteiger partial charge in [0.2, 0.25) is 5.91 Å². The van der Waals surface area contributed by atoms with Gasteiger partial charge in [0.1, 0.15) is 0 Å². The second kappa shape index (κ2) is 6.29. The number of unbranched alkanes of at least 4 members (excludes halogenated alkanes) is 1. The van der Waals surface area contributed by atoms with E-state index < -0.39 is 5.60 Å². The molecule has 4 bridgehead atoms. The zero-order valence-corrected chi connectivity index (χ0v) is 14.5. The third kappa shape index (κ3) is 3.02. The number of amides is 1. The van der Waals surface area contributed by atoms with Crippen LogP contribution in [0, 0.1) is 16.7 Å². The molecule has 0 spiro atoms. The molecule has 0 aliphatic heterocycles. The predicted octanol–water partition coefficient (Wildman–Crippen LogP) is 2.37. The van der Waals surface area contributed by atoms with Gasteiger partial charge in [-0.25, -0.2) is 0 Å². The van der Waals surface area contributed by atoms with Crippen LogP contribution in [0.4, 0.5) is 0 Å². The van der Waals surface area contributed by atoms with Crippen LogP contribution in [0.15, 0.2) is 0 Å². The van der Waals surface area contributed by atoms with Crippen LogP contribution in [0.2, 0.25) is 0 Å². The van der Waals surface area contributed by atoms with Crippen LogP contribution in [0.3, 0.4) is 0 Å². The molecule has 128 valence electrons. The Morgan fingerprint density at radius 1 is 1.23 bits per heavy atom. The van der Waals surface area contributed by atoms with Gasteiger partial charge in [-0.15, -0.1) is 12.4 Å². The minimum Gasteiger partial charge on any atom is -0.390 e. The van der Waals surface area contributed by atoms with Crippen molar-refractivity contribution in [3.05, 3.63) is 0 Å². The SMILES string of the molecule is CCC12CC3CC(O)(C1)CC(C(=O)NCCCCN)(C3)C2.Cl. The fraction of sp³-hybridized carbons (Fsp3) is 0.941. The molecule has 4 atom stereocenters. The first kappa shape index (κ1) is 18.0. The average molecular weight is 331 g/mol. The van der Waals surface area contributed by atoms with Gasteiger partial charge in [-0.2, -0.15) is 0 Å². The Morgan fingerprint density at radius 3 is 2.64 bits per heavy atom. The van der Waals surface area contributed by atoms with Gasteiger partial charge in [0.25, 0.3) is 0 Å². The standard InChI is InChI=1S/C17H30N2O2.ClH/c1-2-15-7-13-8-16(10-15,12-17(21,9-13)11-15)14(20)19-6-4-3-5-18;/h13,21H,2-12,18H2,1H3,(H,19,20);1H. The maximum Gasteiger partial charge on any atom is 0.226 e. The van der Waals surface area contributed by atoms with Crippen LogP contribution in [-0.2, 0) is 4.79 Å². The molecule has 0 aromatic rings. The molecule has 0 aromatic carbocycles. The second-order valence-electron chi connectivity index (χ2n) is 8.12. The number of hydrogen-bond donors (Lipinski definition) is 3. The van der Waals surface area contributed by atoms with Crippen molar-refractivity contribution in [2.75, 3.05) is 13.1 Å². The highest BCUT2D eigenvalue weighted by Gasteiger charge is 2.64. The van der Waals surface area contributed by atoms with Gasteiger partial charge < -0.3 is 16.2 Å². The maximum atomic E-state index is 12.8. The summed E-state index contributed by atoms with van der Waals surface area (Å²) in [5.74, 6) is 0.737. The first-order valence-corrected chi connectivity index (χ1v) is 8.66. The Bertz CT molecular complexity index is 433. The molecule has 5 heteroatoms. The lowest BCUT2D eigenvalue weighted by Crippen LogP contribution is -2.63. The fourth-order valence-electron chi connectivity index (χ4n) is 5.89. The number of halogens is 1. The van der Waals surface area contributed by atoms with Gasteiger partial charge in [0, 0.05) is 6.54 Å². The number of hydrogen-bond acceptors (Lipinski definition) is 3. The third-order valence-electron chi connectivity index (χ3n) is 6.30. The quantitative estimate of drug-likeness (QED) is 0.654. The van der Waals surface area contributed by atoms with E-state index in [0.717, 1.165) is 51.5 Å². The molecule has 4 nitrogen and oxygen atoms in total. The summed E-state index contributed by atoms with van der Waals surface area (Å²) in [5, 5.41) is 14.1. The van der Waals surface area contributed by atoms with Gasteiger partial charge in [-0.1, -0.05) is 13.3 Å². The monoisotopic (exact) mass is 330 g/mol. The van der Waals surface area contributed by atoms with Crippen molar-refractivity contribution in [3.8, 4) is 0 Å². The number of rotatable bonds is 6. The van der Waals surface area contributed by atoms with Crippen molar-refractivity contribution < 1.29 is 9.90 Å². The van der Waals surface area contributed by atoms with Crippen LogP contribution in [0.25, 0.3) is 0 Å². The van der Waals surface area contributed by atoms with Gasteiger partial charge in [-0.3, -0.25) is 4.79 Å². The smallest absolute Gasteiger partial charge is 0.226 e. The Hall–Kier alpha value is -0.320. The van der Waals surface area contributed by atoms with Crippen molar-refractivity contribution in [2.45, 2.75) is 70.3 Å². The van der Waals surface area contributed by atoms with Crippen molar-refractivity contribution in [1.29, 1.82) is 0 Å². The molecule has 0 aromatic heterocycles. The van der Waals surface area contributed by atoms with E-state index >= 15 is 0 Å². The van der Waals surface area contributed by atoms with Crippen molar-refractivity contribution in [3.63, 3.8) is 0 Å². The molecule has 4 fully saturated rings. The van der Waals surface area contributed by atoms with Crippen LogP contribution < -0.4 is 11.1 Å². The molecule has 4 saturated carbocycles. The first-order chi connectivity index (χ1) is 9.95. The van der Waals surface area contributed by atoms with E-state index in [1.807, 2.05) is 0 Å². The lowest BCUT2D eigenvalue weighted by Gasteiger charge is -2.64. The molecule has 4 aliphatic carbocycles. The minimum absolute atomic E-state index is 0. The lowest BCUT2D eigenvalue weighted by atomic mass is 9.42. The van der Waals surface area contributed by atoms with Crippen LogP contribution in [0.1, 0.15) is 64.7 Å². The zero-order valence-electron chi connectivity index (χ0n) is 13.7. The number of nitrogens with one attached hydrogen (secondary N) is 1. The zero-order chi connectivity index (χ0) is 15.1. The lowest BCUT2D eigenvalue weighted by molar-refractivity contribution is -0.204. The Kier molecular flexibility index (Phi) is 5.15. The van der Waals surface area contributed by atoms with Crippen LogP contribution in [-0.4, -0.2) is 29.7 Å². The van der Waals surface area contributed by atoms with E-state index in [1.54, 1.807) is 0 Å². The van der Waals surface area contributed by atoms with Gasteiger partial charge >= 0.3 is 0 Å². The summed E-state index contributed by atoms with van der Waals surface area (Å²) >= 11 is 0. The summed E-state index contributed by atoms with van der Waals surface area (Å²) < 4.78 is 0. The molecule has 4 N–H and O–H groups in total. The highest BCUT2D eigenvalue weighted by molar-refractivity contribution is 5.85. The molecule has 0 heterocycles. The van der Waals surface area contributed by atoms with E-state index in [0.29, 0.717) is 18.9 Å². The molecule has 4 rings (SSSR count).